The summed E-state index contributed by atoms with van der Waals surface area (Å²) in [6.45, 7) is 1.44. The lowest BCUT2D eigenvalue weighted by Crippen LogP contribution is -2.47. The largest absolute Gasteiger partial charge is 0.355 e. The summed E-state index contributed by atoms with van der Waals surface area (Å²) < 4.78 is 33.5. The third-order valence-electron chi connectivity index (χ3n) is 5.06. The zero-order valence-electron chi connectivity index (χ0n) is 18.4. The lowest BCUT2D eigenvalue weighted by molar-refractivity contribution is -0.114. The van der Waals surface area contributed by atoms with Crippen LogP contribution in [0.25, 0.3) is 12.2 Å². The van der Waals surface area contributed by atoms with Crippen LogP contribution >= 0.6 is 11.6 Å². The number of carbonyl (C=O) groups excluding carboxylic acids is 1. The Morgan fingerprint density at radius 3 is 2.56 bits per heavy atom. The van der Waals surface area contributed by atoms with Crippen LogP contribution in [-0.4, -0.2) is 37.1 Å². The van der Waals surface area contributed by atoms with Gasteiger partial charge in [0.25, 0.3) is 10.0 Å². The summed E-state index contributed by atoms with van der Waals surface area (Å²) in [5.41, 5.74) is 0.490. The van der Waals surface area contributed by atoms with E-state index in [1.807, 2.05) is 18.2 Å². The Hall–Kier alpha value is -3.47. The van der Waals surface area contributed by atoms with Crippen LogP contribution in [0, 0.1) is 0 Å². The highest BCUT2D eigenvalue weighted by atomic mass is 35.5. The number of nitrogens with zero attached hydrogens (tertiary/aromatic N) is 2. The Morgan fingerprint density at radius 1 is 1.12 bits per heavy atom. The van der Waals surface area contributed by atoms with Gasteiger partial charge in [0.2, 0.25) is 5.91 Å². The van der Waals surface area contributed by atoms with Crippen molar-refractivity contribution in [2.24, 2.45) is 0 Å². The van der Waals surface area contributed by atoms with Crippen LogP contribution in [0.1, 0.15) is 13.3 Å². The van der Waals surface area contributed by atoms with E-state index in [0.29, 0.717) is 27.8 Å². The van der Waals surface area contributed by atoms with Gasteiger partial charge >= 0.3 is 0 Å². The zero-order valence-corrected chi connectivity index (χ0v) is 19.9. The van der Waals surface area contributed by atoms with Gasteiger partial charge in [-0.1, -0.05) is 23.7 Å². The minimum absolute atomic E-state index is 0.0658. The molecule has 0 aliphatic heterocycles. The van der Waals surface area contributed by atoms with Gasteiger partial charge in [0.15, 0.2) is 11.5 Å². The molecule has 1 aliphatic rings. The first-order chi connectivity index (χ1) is 16.2. The van der Waals surface area contributed by atoms with Gasteiger partial charge in [-0.25, -0.2) is 13.4 Å². The van der Waals surface area contributed by atoms with Crippen molar-refractivity contribution in [2.75, 3.05) is 22.5 Å². The number of carbonyl (C=O) groups is 1. The molecule has 0 saturated carbocycles. The molecule has 1 aliphatic carbocycles. The summed E-state index contributed by atoms with van der Waals surface area (Å²) in [4.78, 5) is 20.2. The molecule has 0 radical (unpaired) electrons. The molecule has 1 amide bonds. The maximum absolute atomic E-state index is 12.6. The SMILES string of the molecule is COC1(Nc2cccc(NC(C)=O)c2)C=c2ncc(NS(=O)(=O)c3ccc(Cl)cc3)nc2=CC1. The molecular formula is C23H22ClN5O4S. The van der Waals surface area contributed by atoms with Crippen LogP contribution in [0.5, 0.6) is 0 Å². The maximum Gasteiger partial charge on any atom is 0.263 e. The number of hydrogen-bond donors (Lipinski definition) is 3. The molecule has 34 heavy (non-hydrogen) atoms. The molecule has 0 spiro atoms. The Morgan fingerprint density at radius 2 is 1.85 bits per heavy atom. The van der Waals surface area contributed by atoms with Crippen molar-refractivity contribution in [3.8, 4) is 0 Å². The normalized spacial score (nSPS) is 17.0. The number of halogens is 1. The molecule has 0 fully saturated rings. The van der Waals surface area contributed by atoms with Gasteiger partial charge in [-0.3, -0.25) is 14.5 Å². The van der Waals surface area contributed by atoms with Gasteiger partial charge in [-0.2, -0.15) is 0 Å². The van der Waals surface area contributed by atoms with E-state index in [-0.39, 0.29) is 16.6 Å². The molecule has 11 heteroatoms. The summed E-state index contributed by atoms with van der Waals surface area (Å²) in [6.07, 6.45) is 5.36. The van der Waals surface area contributed by atoms with E-state index in [1.165, 1.54) is 37.4 Å². The molecule has 3 aromatic rings. The Bertz CT molecular complexity index is 1460. The monoisotopic (exact) mass is 499 g/mol. The number of methoxy groups -OCH3 is 1. The zero-order chi connectivity index (χ0) is 24.3. The molecule has 176 valence electrons. The van der Waals surface area contributed by atoms with Crippen molar-refractivity contribution in [2.45, 2.75) is 24.0 Å². The molecule has 1 unspecified atom stereocenters. The van der Waals surface area contributed by atoms with Crippen molar-refractivity contribution in [3.63, 3.8) is 0 Å². The van der Waals surface area contributed by atoms with Gasteiger partial charge in [0, 0.05) is 36.9 Å². The summed E-state index contributed by atoms with van der Waals surface area (Å²) in [5, 5.41) is 7.57. The Balaban J connectivity index is 1.59. The van der Waals surface area contributed by atoms with Crippen LogP contribution in [0.3, 0.4) is 0 Å². The highest BCUT2D eigenvalue weighted by Gasteiger charge is 2.28. The predicted octanol–water partition coefficient (Wildman–Crippen LogP) is 2.31. The molecule has 4 rings (SSSR count). The van der Waals surface area contributed by atoms with E-state index < -0.39 is 15.7 Å². The minimum atomic E-state index is -3.84. The molecule has 0 bridgehead atoms. The van der Waals surface area contributed by atoms with E-state index in [2.05, 4.69) is 25.3 Å². The van der Waals surface area contributed by atoms with E-state index in [1.54, 1.807) is 25.3 Å². The second-order valence-corrected chi connectivity index (χ2v) is 9.74. The van der Waals surface area contributed by atoms with Crippen molar-refractivity contribution in [3.05, 3.63) is 70.4 Å². The molecule has 3 N–H and O–H groups in total. The summed E-state index contributed by atoms with van der Waals surface area (Å²) in [6, 6.07) is 13.1. The number of anilines is 3. The summed E-state index contributed by atoms with van der Waals surface area (Å²) in [5.74, 6) is -0.0675. The van der Waals surface area contributed by atoms with Crippen molar-refractivity contribution in [1.82, 2.24) is 9.97 Å². The Labute approximate surface area is 201 Å². The number of ether oxygens (including phenoxy) is 1. The number of rotatable bonds is 7. The molecule has 1 aromatic heterocycles. The van der Waals surface area contributed by atoms with Crippen molar-refractivity contribution >= 4 is 56.9 Å². The third-order valence-corrected chi connectivity index (χ3v) is 6.69. The highest BCUT2D eigenvalue weighted by molar-refractivity contribution is 7.92. The lowest BCUT2D eigenvalue weighted by atomic mass is 10.0. The number of amides is 1. The van der Waals surface area contributed by atoms with Gasteiger partial charge in [0.1, 0.15) is 0 Å². The fourth-order valence-electron chi connectivity index (χ4n) is 3.46. The summed E-state index contributed by atoms with van der Waals surface area (Å²) >= 11 is 5.84. The van der Waals surface area contributed by atoms with Crippen molar-refractivity contribution < 1.29 is 17.9 Å². The quantitative estimate of drug-likeness (QED) is 0.426. The van der Waals surface area contributed by atoms with E-state index >= 15 is 0 Å². The standard InChI is InChI=1S/C23H22ClN5O4S/c1-15(30)26-17-4-3-5-18(12-17)28-23(33-2)11-10-20-21(13-23)25-14-22(27-20)29-34(31,32)19-8-6-16(24)7-9-19/h3-10,12-14,28H,11H2,1-2H3,(H,26,30)(H,27,29). The second kappa shape index (κ2) is 9.41. The number of sulfonamides is 1. The fraction of sp³-hybridized carbons (Fsp3) is 0.174. The van der Waals surface area contributed by atoms with Crippen LogP contribution in [0.4, 0.5) is 17.2 Å². The number of aromatic nitrogens is 2. The molecule has 2 aromatic carbocycles. The highest BCUT2D eigenvalue weighted by Crippen LogP contribution is 2.25. The van der Waals surface area contributed by atoms with Gasteiger partial charge in [-0.05, 0) is 48.5 Å². The smallest absolute Gasteiger partial charge is 0.263 e. The second-order valence-electron chi connectivity index (χ2n) is 7.62. The predicted molar refractivity (Wildman–Crippen MR) is 131 cm³/mol. The molecule has 1 heterocycles. The first kappa shape index (κ1) is 23.7. The average molecular weight is 500 g/mol. The van der Waals surface area contributed by atoms with E-state index in [4.69, 9.17) is 16.3 Å². The molecule has 0 saturated heterocycles. The van der Waals surface area contributed by atoms with E-state index in [9.17, 15) is 13.2 Å². The van der Waals surface area contributed by atoms with Gasteiger partial charge < -0.3 is 15.4 Å². The lowest BCUT2D eigenvalue weighted by Gasteiger charge is -2.32. The number of benzene rings is 2. The maximum atomic E-state index is 12.6. The summed E-state index contributed by atoms with van der Waals surface area (Å²) in [7, 11) is -2.27. The average Bonchev–Trinajstić information content (AvgIpc) is 2.79. The molecule has 9 nitrogen and oxygen atoms in total. The van der Waals surface area contributed by atoms with Crippen LogP contribution < -0.4 is 26.1 Å². The van der Waals surface area contributed by atoms with Crippen molar-refractivity contribution in [1.29, 1.82) is 0 Å². The van der Waals surface area contributed by atoms with Crippen LogP contribution in [0.2, 0.25) is 5.02 Å². The third kappa shape index (κ3) is 5.36. The molecular weight excluding hydrogens is 478 g/mol. The van der Waals surface area contributed by atoms with E-state index in [0.717, 1.165) is 5.69 Å². The number of fused-ring (bicyclic) bond motifs is 1. The first-order valence-electron chi connectivity index (χ1n) is 10.2. The Kier molecular flexibility index (Phi) is 6.56. The van der Waals surface area contributed by atoms with Crippen LogP contribution in [0.15, 0.2) is 59.6 Å². The molecule has 1 atom stereocenters. The minimum Gasteiger partial charge on any atom is -0.355 e. The topological polar surface area (TPSA) is 122 Å². The van der Waals surface area contributed by atoms with Gasteiger partial charge in [-0.15, -0.1) is 0 Å². The number of nitrogens with one attached hydrogen (secondary N) is 3. The van der Waals surface area contributed by atoms with Crippen LogP contribution in [-0.2, 0) is 19.6 Å². The number of hydrogen-bond acceptors (Lipinski definition) is 7. The fourth-order valence-corrected chi connectivity index (χ4v) is 4.58. The van der Waals surface area contributed by atoms with Gasteiger partial charge in [0.05, 0.1) is 21.8 Å². The first-order valence-corrected chi connectivity index (χ1v) is 12.1.